The van der Waals surface area contributed by atoms with Crippen LogP contribution in [0.4, 0.5) is 0 Å². The first kappa shape index (κ1) is 29.4. The van der Waals surface area contributed by atoms with Crippen molar-refractivity contribution in [2.45, 2.75) is 13.2 Å². The van der Waals surface area contributed by atoms with Gasteiger partial charge in [0.1, 0.15) is 0 Å². The van der Waals surface area contributed by atoms with Gasteiger partial charge in [0.05, 0.1) is 25.9 Å². The van der Waals surface area contributed by atoms with E-state index in [4.69, 9.17) is 10.2 Å². The number of likely N-dealkylation sites (N-methyl/N-ethyl adjacent to an activating group) is 2. The number of rotatable bonds is 4. The number of methoxy groups -OCH3 is 1. The zero-order chi connectivity index (χ0) is 26.3. The fourth-order valence-corrected chi connectivity index (χ4v) is 3.59. The summed E-state index contributed by atoms with van der Waals surface area (Å²) in [5.41, 5.74) is 2.81. The van der Waals surface area contributed by atoms with Crippen LogP contribution < -0.4 is 5.32 Å². The summed E-state index contributed by atoms with van der Waals surface area (Å²) in [5, 5.41) is 20.9. The fourth-order valence-electron chi connectivity index (χ4n) is 3.59. The van der Waals surface area contributed by atoms with Crippen molar-refractivity contribution < 1.29 is 24.5 Å². The third kappa shape index (κ3) is 10.0. The molecular formula is C27H40N4O5. The molecule has 0 radical (unpaired) electrons. The Bertz CT molecular complexity index is 907. The summed E-state index contributed by atoms with van der Waals surface area (Å²) in [7, 11) is 5.56. The van der Waals surface area contributed by atoms with Crippen molar-refractivity contribution in [1.82, 2.24) is 20.0 Å². The number of hydrogen-bond donors (Lipinski definition) is 3. The number of esters is 1. The molecule has 0 saturated carbocycles. The lowest BCUT2D eigenvalue weighted by atomic mass is 10.1. The average molecular weight is 501 g/mol. The molecule has 2 aromatic carbocycles. The maximum Gasteiger partial charge on any atom is 0.337 e. The van der Waals surface area contributed by atoms with Crippen LogP contribution in [0.3, 0.4) is 0 Å². The van der Waals surface area contributed by atoms with Crippen LogP contribution >= 0.6 is 0 Å². The molecular weight excluding hydrogens is 460 g/mol. The highest BCUT2D eigenvalue weighted by Gasteiger charge is 2.20. The standard InChI is InChI=1S/C13H18N2O2.C9H10O3.C5H12N2/c1-14-6-8-15(9-7-14)13(17)12-4-2-11(10-16)3-5-12;1-12-9(11)8-4-2-7(6-10)3-5-8;1-7-4-2-6-3-5-7/h2-5,16H,6-10H2,1H3;2-5,10H,6H2,1H3;6H,2-5H2,1H3. The SMILES string of the molecule is CN1CCN(C(=O)c2ccc(CO)cc2)CC1.CN1CCNCC1.COC(=O)c1ccc(CO)cc1. The van der Waals surface area contributed by atoms with E-state index in [9.17, 15) is 9.59 Å². The molecule has 0 spiro atoms. The van der Waals surface area contributed by atoms with Gasteiger partial charge < -0.3 is 35.0 Å². The molecule has 9 heteroatoms. The zero-order valence-corrected chi connectivity index (χ0v) is 21.7. The molecule has 4 rings (SSSR count). The number of amides is 1. The van der Waals surface area contributed by atoms with Crippen LogP contribution in [0.15, 0.2) is 48.5 Å². The van der Waals surface area contributed by atoms with E-state index in [1.54, 1.807) is 48.5 Å². The number of piperazine rings is 2. The van der Waals surface area contributed by atoms with Gasteiger partial charge >= 0.3 is 5.97 Å². The van der Waals surface area contributed by atoms with Gasteiger partial charge in [-0.1, -0.05) is 24.3 Å². The Morgan fingerprint density at radius 3 is 1.58 bits per heavy atom. The summed E-state index contributed by atoms with van der Waals surface area (Å²) in [6.45, 7) is 8.19. The van der Waals surface area contributed by atoms with E-state index in [2.05, 4.69) is 33.9 Å². The summed E-state index contributed by atoms with van der Waals surface area (Å²) < 4.78 is 4.51. The molecule has 0 atom stereocenters. The zero-order valence-electron chi connectivity index (χ0n) is 21.7. The van der Waals surface area contributed by atoms with Crippen molar-refractivity contribution in [1.29, 1.82) is 0 Å². The van der Waals surface area contributed by atoms with Gasteiger partial charge in [0.15, 0.2) is 0 Å². The molecule has 0 aromatic heterocycles. The third-order valence-electron chi connectivity index (χ3n) is 6.07. The first-order valence-electron chi connectivity index (χ1n) is 12.2. The van der Waals surface area contributed by atoms with E-state index in [0.29, 0.717) is 11.1 Å². The molecule has 9 nitrogen and oxygen atoms in total. The monoisotopic (exact) mass is 500 g/mol. The van der Waals surface area contributed by atoms with E-state index < -0.39 is 0 Å². The van der Waals surface area contributed by atoms with Gasteiger partial charge in [0, 0.05) is 57.9 Å². The Hall–Kier alpha value is -2.82. The van der Waals surface area contributed by atoms with Gasteiger partial charge in [-0.05, 0) is 49.5 Å². The molecule has 0 aliphatic carbocycles. The number of nitrogens with zero attached hydrogens (tertiary/aromatic N) is 3. The molecule has 2 heterocycles. The molecule has 198 valence electrons. The van der Waals surface area contributed by atoms with E-state index in [-0.39, 0.29) is 25.1 Å². The Kier molecular flexibility index (Phi) is 13.1. The van der Waals surface area contributed by atoms with Crippen molar-refractivity contribution in [3.05, 3.63) is 70.8 Å². The van der Waals surface area contributed by atoms with E-state index in [1.807, 2.05) is 4.90 Å². The summed E-state index contributed by atoms with van der Waals surface area (Å²) in [6.07, 6.45) is 0. The maximum atomic E-state index is 12.2. The normalized spacial score (nSPS) is 16.2. The van der Waals surface area contributed by atoms with Gasteiger partial charge in [-0.25, -0.2) is 4.79 Å². The number of ether oxygens (including phenoxy) is 1. The minimum Gasteiger partial charge on any atom is -0.465 e. The van der Waals surface area contributed by atoms with Crippen molar-refractivity contribution in [2.24, 2.45) is 0 Å². The number of nitrogens with one attached hydrogen (secondary N) is 1. The quantitative estimate of drug-likeness (QED) is 0.535. The summed E-state index contributed by atoms with van der Waals surface area (Å²) in [4.78, 5) is 29.5. The molecule has 1 amide bonds. The van der Waals surface area contributed by atoms with Gasteiger partial charge in [0.2, 0.25) is 0 Å². The van der Waals surface area contributed by atoms with E-state index >= 15 is 0 Å². The second kappa shape index (κ2) is 16.0. The van der Waals surface area contributed by atoms with Gasteiger partial charge in [-0.2, -0.15) is 0 Å². The van der Waals surface area contributed by atoms with E-state index in [1.165, 1.54) is 20.2 Å². The molecule has 2 aliphatic heterocycles. The largest absolute Gasteiger partial charge is 0.465 e. The fraction of sp³-hybridized carbons (Fsp3) is 0.481. The second-order valence-corrected chi connectivity index (χ2v) is 8.85. The Balaban J connectivity index is 0.000000208. The first-order chi connectivity index (χ1) is 17.4. The highest BCUT2D eigenvalue weighted by atomic mass is 16.5. The smallest absolute Gasteiger partial charge is 0.337 e. The lowest BCUT2D eigenvalue weighted by Gasteiger charge is -2.32. The van der Waals surface area contributed by atoms with Gasteiger partial charge in [-0.3, -0.25) is 4.79 Å². The van der Waals surface area contributed by atoms with Crippen LogP contribution in [-0.2, 0) is 18.0 Å². The maximum absolute atomic E-state index is 12.2. The van der Waals surface area contributed by atoms with Crippen LogP contribution in [0, 0.1) is 0 Å². The molecule has 0 unspecified atom stereocenters. The van der Waals surface area contributed by atoms with Crippen molar-refractivity contribution in [3.63, 3.8) is 0 Å². The molecule has 0 bridgehead atoms. The van der Waals surface area contributed by atoms with Crippen molar-refractivity contribution in [2.75, 3.05) is 73.6 Å². The Labute approximate surface area is 214 Å². The van der Waals surface area contributed by atoms with E-state index in [0.717, 1.165) is 50.4 Å². The average Bonchev–Trinajstić information content (AvgIpc) is 2.94. The predicted molar refractivity (Wildman–Crippen MR) is 140 cm³/mol. The summed E-state index contributed by atoms with van der Waals surface area (Å²) >= 11 is 0. The van der Waals surface area contributed by atoms with Crippen LogP contribution in [0.5, 0.6) is 0 Å². The van der Waals surface area contributed by atoms with Gasteiger partial charge in [0.25, 0.3) is 5.91 Å². The summed E-state index contributed by atoms with van der Waals surface area (Å²) in [6, 6.07) is 13.8. The molecule has 2 aromatic rings. The van der Waals surface area contributed by atoms with Crippen molar-refractivity contribution >= 4 is 11.9 Å². The topological polar surface area (TPSA) is 106 Å². The number of aliphatic hydroxyl groups excluding tert-OH is 2. The van der Waals surface area contributed by atoms with Crippen LogP contribution in [0.1, 0.15) is 31.8 Å². The summed E-state index contributed by atoms with van der Waals surface area (Å²) in [5.74, 6) is -0.276. The van der Waals surface area contributed by atoms with Crippen LogP contribution in [0.25, 0.3) is 0 Å². The molecule has 2 aliphatic rings. The highest BCUT2D eigenvalue weighted by Crippen LogP contribution is 2.10. The van der Waals surface area contributed by atoms with Crippen molar-refractivity contribution in [3.8, 4) is 0 Å². The van der Waals surface area contributed by atoms with Gasteiger partial charge in [-0.15, -0.1) is 0 Å². The number of carbonyl (C=O) groups excluding carboxylic acids is 2. The lowest BCUT2D eigenvalue weighted by Crippen LogP contribution is -2.47. The molecule has 2 saturated heterocycles. The van der Waals surface area contributed by atoms with Crippen LogP contribution in [-0.4, -0.2) is 110 Å². The number of carbonyl (C=O) groups is 2. The first-order valence-corrected chi connectivity index (χ1v) is 12.2. The Morgan fingerprint density at radius 1 is 0.750 bits per heavy atom. The molecule has 36 heavy (non-hydrogen) atoms. The predicted octanol–water partition coefficient (Wildman–Crippen LogP) is 1.05. The second-order valence-electron chi connectivity index (χ2n) is 8.85. The Morgan fingerprint density at radius 2 is 1.19 bits per heavy atom. The number of hydrogen-bond acceptors (Lipinski definition) is 8. The van der Waals surface area contributed by atoms with Crippen LogP contribution in [0.2, 0.25) is 0 Å². The minimum atomic E-state index is -0.362. The lowest BCUT2D eigenvalue weighted by molar-refractivity contribution is 0.0599. The molecule has 3 N–H and O–H groups in total. The third-order valence-corrected chi connectivity index (χ3v) is 6.07. The molecule has 2 fully saturated rings. The number of benzene rings is 2. The minimum absolute atomic E-state index is 0.0124. The number of aliphatic hydroxyl groups is 2. The highest BCUT2D eigenvalue weighted by molar-refractivity contribution is 5.94.